The number of halogens is 2. The molecule has 0 aliphatic heterocycles. The van der Waals surface area contributed by atoms with Crippen molar-refractivity contribution in [1.82, 2.24) is 9.97 Å². The Hall–Kier alpha value is -1.30. The number of aryl methyl sites for hydroxylation is 1. The lowest BCUT2D eigenvalue weighted by Crippen LogP contribution is -2.11. The Bertz CT molecular complexity index is 747. The number of hydrogen-bond donors (Lipinski definition) is 1. The zero-order valence-corrected chi connectivity index (χ0v) is 14.2. The highest BCUT2D eigenvalue weighted by atomic mass is 35.5. The summed E-state index contributed by atoms with van der Waals surface area (Å²) in [4.78, 5) is 30.7. The number of H-pyrrole nitrogens is 1. The molecule has 116 valence electrons. The number of carbonyl (C=O) groups excluding carboxylic acids is 1. The fourth-order valence-electron chi connectivity index (χ4n) is 1.86. The molecule has 2 aromatic rings. The molecule has 4 nitrogen and oxygen atoms in total. The number of Topliss-reactive ketones (excluding diaryl/α,β-unsaturated/α-hetero) is 1. The molecule has 0 aliphatic carbocycles. The lowest BCUT2D eigenvalue weighted by molar-refractivity contribution is 0.102. The predicted octanol–water partition coefficient (Wildman–Crippen LogP) is 4.00. The van der Waals surface area contributed by atoms with Gasteiger partial charge in [-0.2, -0.15) is 0 Å². The van der Waals surface area contributed by atoms with E-state index in [9.17, 15) is 9.59 Å². The molecule has 0 radical (unpaired) electrons. The summed E-state index contributed by atoms with van der Waals surface area (Å²) in [7, 11) is 0. The third-order valence-electron chi connectivity index (χ3n) is 2.85. The second-order valence-corrected chi connectivity index (χ2v) is 6.44. The van der Waals surface area contributed by atoms with E-state index < -0.39 is 0 Å². The summed E-state index contributed by atoms with van der Waals surface area (Å²) in [5, 5.41) is 1.24. The maximum Gasteiger partial charge on any atom is 0.251 e. The Morgan fingerprint density at radius 1 is 1.32 bits per heavy atom. The van der Waals surface area contributed by atoms with Crippen molar-refractivity contribution in [3.8, 4) is 0 Å². The molecule has 1 aromatic heterocycles. The summed E-state index contributed by atoms with van der Waals surface area (Å²) >= 11 is 13.1. The van der Waals surface area contributed by atoms with Crippen molar-refractivity contribution < 1.29 is 4.79 Å². The van der Waals surface area contributed by atoms with Crippen molar-refractivity contribution >= 4 is 40.7 Å². The molecule has 0 bridgehead atoms. The molecule has 0 atom stereocenters. The molecular formula is C15H14Cl2N2O2S. The monoisotopic (exact) mass is 356 g/mol. The van der Waals surface area contributed by atoms with E-state index in [2.05, 4.69) is 9.97 Å². The molecule has 0 unspecified atom stereocenters. The molecule has 1 heterocycles. The van der Waals surface area contributed by atoms with Gasteiger partial charge in [-0.25, -0.2) is 4.98 Å². The van der Waals surface area contributed by atoms with Gasteiger partial charge in [0.05, 0.1) is 10.8 Å². The third-order valence-corrected chi connectivity index (χ3v) is 4.29. The standard InChI is InChI=1S/C15H14Cl2N2O2S/c1-2-3-10-7-14(21)19-15(18-10)22-8-13(20)11-6-9(16)4-5-12(11)17/h4-7H,2-3,8H2,1H3,(H,18,19,21). The summed E-state index contributed by atoms with van der Waals surface area (Å²) in [6, 6.07) is 6.23. The van der Waals surface area contributed by atoms with Crippen molar-refractivity contribution in [2.24, 2.45) is 0 Å². The predicted molar refractivity (Wildman–Crippen MR) is 90.4 cm³/mol. The lowest BCUT2D eigenvalue weighted by atomic mass is 10.1. The molecule has 1 N–H and O–H groups in total. The largest absolute Gasteiger partial charge is 0.301 e. The summed E-state index contributed by atoms with van der Waals surface area (Å²) in [5.74, 6) is -0.0421. The zero-order chi connectivity index (χ0) is 16.1. The van der Waals surface area contributed by atoms with Gasteiger partial charge < -0.3 is 4.98 Å². The number of carbonyl (C=O) groups is 1. The normalized spacial score (nSPS) is 10.7. The number of nitrogens with one attached hydrogen (secondary N) is 1. The summed E-state index contributed by atoms with van der Waals surface area (Å²) in [5.41, 5.74) is 0.880. The minimum absolute atomic E-state index is 0.124. The van der Waals surface area contributed by atoms with Crippen LogP contribution in [-0.4, -0.2) is 21.5 Å². The molecule has 0 fully saturated rings. The maximum absolute atomic E-state index is 12.2. The highest BCUT2D eigenvalue weighted by Gasteiger charge is 2.12. The Balaban J connectivity index is 2.11. The van der Waals surface area contributed by atoms with Gasteiger partial charge in [-0.05, 0) is 24.6 Å². The second kappa shape index (κ2) is 7.81. The van der Waals surface area contributed by atoms with E-state index >= 15 is 0 Å². The topological polar surface area (TPSA) is 62.8 Å². The average molecular weight is 357 g/mol. The fourth-order valence-corrected chi connectivity index (χ4v) is 3.03. The Kier molecular flexibility index (Phi) is 6.06. The second-order valence-electron chi connectivity index (χ2n) is 4.63. The van der Waals surface area contributed by atoms with Crippen LogP contribution in [0.4, 0.5) is 0 Å². The first-order chi connectivity index (χ1) is 10.5. The van der Waals surface area contributed by atoms with E-state index in [-0.39, 0.29) is 17.1 Å². The van der Waals surface area contributed by atoms with Crippen LogP contribution >= 0.6 is 35.0 Å². The van der Waals surface area contributed by atoms with Crippen LogP contribution in [0, 0.1) is 0 Å². The van der Waals surface area contributed by atoms with Gasteiger partial charge in [0.1, 0.15) is 0 Å². The molecule has 0 amide bonds. The molecule has 7 heteroatoms. The van der Waals surface area contributed by atoms with Crippen LogP contribution < -0.4 is 5.56 Å². The molecular weight excluding hydrogens is 343 g/mol. The summed E-state index contributed by atoms with van der Waals surface area (Å²) in [6.45, 7) is 2.01. The Morgan fingerprint density at radius 3 is 2.82 bits per heavy atom. The van der Waals surface area contributed by atoms with Crippen LogP contribution in [0.5, 0.6) is 0 Å². The average Bonchev–Trinajstić information content (AvgIpc) is 2.47. The van der Waals surface area contributed by atoms with Crippen LogP contribution in [0.15, 0.2) is 34.2 Å². The number of benzene rings is 1. The van der Waals surface area contributed by atoms with Gasteiger partial charge in [-0.1, -0.05) is 48.3 Å². The third kappa shape index (κ3) is 4.60. The van der Waals surface area contributed by atoms with E-state index in [0.717, 1.165) is 18.5 Å². The lowest BCUT2D eigenvalue weighted by Gasteiger charge is -2.05. The van der Waals surface area contributed by atoms with E-state index in [4.69, 9.17) is 23.2 Å². The maximum atomic E-state index is 12.2. The van der Waals surface area contributed by atoms with Gasteiger partial charge in [0.25, 0.3) is 5.56 Å². The molecule has 2 rings (SSSR count). The van der Waals surface area contributed by atoms with Crippen molar-refractivity contribution in [2.75, 3.05) is 5.75 Å². The van der Waals surface area contributed by atoms with Gasteiger partial charge in [0.2, 0.25) is 0 Å². The first-order valence-electron chi connectivity index (χ1n) is 6.71. The molecule has 0 saturated heterocycles. The first kappa shape index (κ1) is 17.1. The van der Waals surface area contributed by atoms with Crippen LogP contribution in [0.3, 0.4) is 0 Å². The minimum atomic E-state index is -0.214. The highest BCUT2D eigenvalue weighted by molar-refractivity contribution is 7.99. The van der Waals surface area contributed by atoms with Gasteiger partial charge >= 0.3 is 0 Å². The minimum Gasteiger partial charge on any atom is -0.301 e. The Morgan fingerprint density at radius 2 is 2.09 bits per heavy atom. The van der Waals surface area contributed by atoms with Crippen LogP contribution in [-0.2, 0) is 6.42 Å². The number of hydrogen-bond acceptors (Lipinski definition) is 4. The van der Waals surface area contributed by atoms with Crippen molar-refractivity contribution in [1.29, 1.82) is 0 Å². The molecule has 0 spiro atoms. The van der Waals surface area contributed by atoms with Crippen LogP contribution in [0.25, 0.3) is 0 Å². The first-order valence-corrected chi connectivity index (χ1v) is 8.45. The van der Waals surface area contributed by atoms with E-state index in [1.807, 2.05) is 6.92 Å². The van der Waals surface area contributed by atoms with Crippen molar-refractivity contribution in [3.05, 3.63) is 55.9 Å². The summed E-state index contributed by atoms with van der Waals surface area (Å²) < 4.78 is 0. The van der Waals surface area contributed by atoms with Gasteiger partial charge in [0.15, 0.2) is 10.9 Å². The number of nitrogens with zero attached hydrogens (tertiary/aromatic N) is 1. The zero-order valence-electron chi connectivity index (χ0n) is 11.9. The van der Waals surface area contributed by atoms with Gasteiger partial charge in [-0.15, -0.1) is 0 Å². The molecule has 1 aromatic carbocycles. The number of ketones is 1. The van der Waals surface area contributed by atoms with E-state index in [1.54, 1.807) is 12.1 Å². The quantitative estimate of drug-likeness (QED) is 0.482. The van der Waals surface area contributed by atoms with E-state index in [1.165, 1.54) is 23.9 Å². The SMILES string of the molecule is CCCc1cc(=O)[nH]c(SCC(=O)c2cc(Cl)ccc2Cl)n1. The number of thioether (sulfide) groups is 1. The van der Waals surface area contributed by atoms with Gasteiger partial charge in [0, 0.05) is 22.3 Å². The number of rotatable bonds is 6. The Labute approximate surface area is 142 Å². The van der Waals surface area contributed by atoms with Crippen LogP contribution in [0.2, 0.25) is 10.0 Å². The van der Waals surface area contributed by atoms with Crippen molar-refractivity contribution in [2.45, 2.75) is 24.9 Å². The van der Waals surface area contributed by atoms with Crippen LogP contribution in [0.1, 0.15) is 29.4 Å². The van der Waals surface area contributed by atoms with E-state index in [0.29, 0.717) is 20.8 Å². The highest BCUT2D eigenvalue weighted by Crippen LogP contribution is 2.23. The van der Waals surface area contributed by atoms with Gasteiger partial charge in [-0.3, -0.25) is 9.59 Å². The van der Waals surface area contributed by atoms with Crippen molar-refractivity contribution in [3.63, 3.8) is 0 Å². The smallest absolute Gasteiger partial charge is 0.251 e. The number of aromatic amines is 1. The molecule has 22 heavy (non-hydrogen) atoms. The number of aromatic nitrogens is 2. The summed E-state index contributed by atoms with van der Waals surface area (Å²) in [6.07, 6.45) is 1.63. The molecule has 0 saturated carbocycles. The molecule has 0 aliphatic rings. The fraction of sp³-hybridized carbons (Fsp3) is 0.267.